The Kier molecular flexibility index (Phi) is 4.27. The van der Waals surface area contributed by atoms with Gasteiger partial charge in [0.2, 0.25) is 0 Å². The van der Waals surface area contributed by atoms with Gasteiger partial charge < -0.3 is 5.21 Å². The van der Waals surface area contributed by atoms with Crippen molar-refractivity contribution in [2.75, 3.05) is 0 Å². The number of oxime groups is 1. The highest BCUT2D eigenvalue weighted by Crippen LogP contribution is 2.30. The first-order chi connectivity index (χ1) is 9.50. The van der Waals surface area contributed by atoms with Crippen molar-refractivity contribution >= 4 is 12.3 Å². The van der Waals surface area contributed by atoms with Gasteiger partial charge in [0.15, 0.2) is 0 Å². The maximum atomic E-state index is 12.4. The summed E-state index contributed by atoms with van der Waals surface area (Å²) in [7, 11) is 0. The highest BCUT2D eigenvalue weighted by atomic mass is 19.4. The predicted octanol–water partition coefficient (Wildman–Crippen LogP) is 4.66. The van der Waals surface area contributed by atoms with Crippen LogP contribution in [0.3, 0.4) is 0 Å². The van der Waals surface area contributed by atoms with E-state index in [2.05, 4.69) is 5.16 Å². The average molecular weight is 281 g/mol. The van der Waals surface area contributed by atoms with Crippen LogP contribution in [0, 0.1) is 0 Å². The number of nitrogens with zero attached hydrogens (tertiary/aromatic N) is 1. The standard InChI is InChI=1S/C15H14F3NO/c16-15(17,18)14-8-5-11(6-9-14)4-7-12-2-1-3-13(12)10-19-20/h4-10,20H,1-3H2/b7-4+,19-10+. The molecule has 0 bridgehead atoms. The van der Waals surface area contributed by atoms with Crippen molar-refractivity contribution in [3.05, 3.63) is 52.6 Å². The zero-order valence-corrected chi connectivity index (χ0v) is 10.7. The summed E-state index contributed by atoms with van der Waals surface area (Å²) in [4.78, 5) is 0. The molecule has 0 fully saturated rings. The molecule has 0 amide bonds. The molecule has 1 aliphatic rings. The van der Waals surface area contributed by atoms with Crippen molar-refractivity contribution in [1.29, 1.82) is 0 Å². The van der Waals surface area contributed by atoms with Crippen molar-refractivity contribution in [3.63, 3.8) is 0 Å². The van der Waals surface area contributed by atoms with Gasteiger partial charge in [0, 0.05) is 0 Å². The SMILES string of the molecule is O/N=C/C1=C(/C=C/c2ccc(C(F)(F)F)cc2)CCC1. The van der Waals surface area contributed by atoms with E-state index in [-0.39, 0.29) is 0 Å². The van der Waals surface area contributed by atoms with Gasteiger partial charge in [0.1, 0.15) is 0 Å². The molecule has 1 aromatic carbocycles. The van der Waals surface area contributed by atoms with Gasteiger partial charge in [-0.1, -0.05) is 29.4 Å². The van der Waals surface area contributed by atoms with Gasteiger partial charge >= 0.3 is 6.18 Å². The van der Waals surface area contributed by atoms with Crippen LogP contribution in [0.5, 0.6) is 0 Å². The quantitative estimate of drug-likeness (QED) is 0.488. The molecule has 0 saturated carbocycles. The summed E-state index contributed by atoms with van der Waals surface area (Å²) in [6.45, 7) is 0. The maximum absolute atomic E-state index is 12.4. The van der Waals surface area contributed by atoms with E-state index in [1.165, 1.54) is 18.3 Å². The zero-order valence-electron chi connectivity index (χ0n) is 10.7. The van der Waals surface area contributed by atoms with Crippen molar-refractivity contribution in [2.24, 2.45) is 5.16 Å². The number of rotatable bonds is 3. The summed E-state index contributed by atoms with van der Waals surface area (Å²) in [5.41, 5.74) is 2.08. The van der Waals surface area contributed by atoms with Crippen LogP contribution in [0.2, 0.25) is 0 Å². The number of allylic oxidation sites excluding steroid dienone is 3. The lowest BCUT2D eigenvalue weighted by atomic mass is 10.1. The van der Waals surface area contributed by atoms with E-state index in [1.54, 1.807) is 6.08 Å². The maximum Gasteiger partial charge on any atom is 0.416 e. The molecule has 2 nitrogen and oxygen atoms in total. The first kappa shape index (κ1) is 14.4. The van der Waals surface area contributed by atoms with E-state index < -0.39 is 11.7 Å². The van der Waals surface area contributed by atoms with Crippen LogP contribution in [0.15, 0.2) is 46.6 Å². The van der Waals surface area contributed by atoms with Gasteiger partial charge in [0.05, 0.1) is 11.8 Å². The fraction of sp³-hybridized carbons (Fsp3) is 0.267. The summed E-state index contributed by atoms with van der Waals surface area (Å²) in [6.07, 6.45) is 3.49. The average Bonchev–Trinajstić information content (AvgIpc) is 2.84. The molecular formula is C15H14F3NO. The summed E-state index contributed by atoms with van der Waals surface area (Å²) in [5.74, 6) is 0. The third-order valence-corrected chi connectivity index (χ3v) is 3.23. The fourth-order valence-corrected chi connectivity index (χ4v) is 2.18. The van der Waals surface area contributed by atoms with Crippen molar-refractivity contribution in [1.82, 2.24) is 0 Å². The summed E-state index contributed by atoms with van der Waals surface area (Å²) < 4.78 is 37.3. The van der Waals surface area contributed by atoms with Gasteiger partial charge in [-0.15, -0.1) is 0 Å². The Bertz CT molecular complexity index is 553. The Morgan fingerprint density at radius 3 is 2.25 bits per heavy atom. The normalized spacial score (nSPS) is 16.8. The van der Waals surface area contributed by atoms with Crippen LogP contribution in [0.1, 0.15) is 30.4 Å². The van der Waals surface area contributed by atoms with Crippen molar-refractivity contribution in [2.45, 2.75) is 25.4 Å². The van der Waals surface area contributed by atoms with Gasteiger partial charge in [-0.25, -0.2) is 0 Å². The molecule has 0 spiro atoms. The first-order valence-electron chi connectivity index (χ1n) is 6.25. The highest BCUT2D eigenvalue weighted by Gasteiger charge is 2.29. The third-order valence-electron chi connectivity index (χ3n) is 3.23. The molecule has 0 aliphatic heterocycles. The Morgan fingerprint density at radius 2 is 1.65 bits per heavy atom. The second-order valence-corrected chi connectivity index (χ2v) is 4.60. The number of alkyl halides is 3. The molecule has 0 atom stereocenters. The number of hydrogen-bond donors (Lipinski definition) is 1. The third kappa shape index (κ3) is 3.50. The predicted molar refractivity (Wildman–Crippen MR) is 71.6 cm³/mol. The lowest BCUT2D eigenvalue weighted by Gasteiger charge is -2.06. The minimum absolute atomic E-state index is 0.650. The molecule has 0 aromatic heterocycles. The smallest absolute Gasteiger partial charge is 0.411 e. The van der Waals surface area contributed by atoms with Gasteiger partial charge in [-0.2, -0.15) is 13.2 Å². The molecule has 5 heteroatoms. The number of halogens is 3. The van der Waals surface area contributed by atoms with Crippen LogP contribution in [0.4, 0.5) is 13.2 Å². The topological polar surface area (TPSA) is 32.6 Å². The van der Waals surface area contributed by atoms with Gasteiger partial charge in [-0.05, 0) is 48.1 Å². The molecule has 0 unspecified atom stereocenters. The molecule has 20 heavy (non-hydrogen) atoms. The lowest BCUT2D eigenvalue weighted by Crippen LogP contribution is -2.03. The Labute approximate surface area is 114 Å². The zero-order chi connectivity index (χ0) is 14.6. The Hall–Kier alpha value is -2.04. The summed E-state index contributed by atoms with van der Waals surface area (Å²) in [6, 6.07) is 5.01. The highest BCUT2D eigenvalue weighted by molar-refractivity contribution is 5.81. The van der Waals surface area contributed by atoms with E-state index in [0.29, 0.717) is 5.56 Å². The monoisotopic (exact) mass is 281 g/mol. The van der Waals surface area contributed by atoms with Crippen LogP contribution >= 0.6 is 0 Å². The van der Waals surface area contributed by atoms with E-state index in [0.717, 1.165) is 42.5 Å². The molecular weight excluding hydrogens is 267 g/mol. The summed E-state index contributed by atoms with van der Waals surface area (Å²) in [5, 5.41) is 11.6. The van der Waals surface area contributed by atoms with E-state index in [1.807, 2.05) is 6.08 Å². The molecule has 0 saturated heterocycles. The van der Waals surface area contributed by atoms with Gasteiger partial charge in [0.25, 0.3) is 0 Å². The number of benzene rings is 1. The van der Waals surface area contributed by atoms with Crippen LogP contribution in [-0.4, -0.2) is 11.4 Å². The van der Waals surface area contributed by atoms with Crippen LogP contribution in [0.25, 0.3) is 6.08 Å². The molecule has 2 rings (SSSR count). The van der Waals surface area contributed by atoms with Crippen LogP contribution < -0.4 is 0 Å². The minimum Gasteiger partial charge on any atom is -0.411 e. The molecule has 0 radical (unpaired) electrons. The van der Waals surface area contributed by atoms with Crippen molar-refractivity contribution < 1.29 is 18.4 Å². The fourth-order valence-electron chi connectivity index (χ4n) is 2.18. The molecule has 0 heterocycles. The van der Waals surface area contributed by atoms with Crippen molar-refractivity contribution in [3.8, 4) is 0 Å². The molecule has 1 N–H and O–H groups in total. The number of hydrogen-bond acceptors (Lipinski definition) is 2. The molecule has 1 aliphatic carbocycles. The largest absolute Gasteiger partial charge is 0.416 e. The molecule has 1 aromatic rings. The Morgan fingerprint density at radius 1 is 1.00 bits per heavy atom. The second-order valence-electron chi connectivity index (χ2n) is 4.60. The molecule has 106 valence electrons. The summed E-state index contributed by atoms with van der Waals surface area (Å²) >= 11 is 0. The van der Waals surface area contributed by atoms with E-state index in [9.17, 15) is 13.2 Å². The van der Waals surface area contributed by atoms with E-state index in [4.69, 9.17) is 5.21 Å². The Balaban J connectivity index is 2.14. The van der Waals surface area contributed by atoms with Crippen LogP contribution in [-0.2, 0) is 6.18 Å². The van der Waals surface area contributed by atoms with E-state index >= 15 is 0 Å². The minimum atomic E-state index is -4.30. The van der Waals surface area contributed by atoms with Gasteiger partial charge in [-0.3, -0.25) is 0 Å². The lowest BCUT2D eigenvalue weighted by molar-refractivity contribution is -0.137. The second kappa shape index (κ2) is 5.94. The first-order valence-corrected chi connectivity index (χ1v) is 6.25.